The zero-order valence-corrected chi connectivity index (χ0v) is 17.1. The highest BCUT2D eigenvalue weighted by Crippen LogP contribution is 2.36. The quantitative estimate of drug-likeness (QED) is 0.264. The Balaban J connectivity index is 1.76. The summed E-state index contributed by atoms with van der Waals surface area (Å²) in [5, 5.41) is 31.0. The van der Waals surface area contributed by atoms with Crippen molar-refractivity contribution in [2.45, 2.75) is 9.79 Å². The van der Waals surface area contributed by atoms with E-state index in [0.717, 1.165) is 24.3 Å². The number of aromatic hydroxyl groups is 3. The van der Waals surface area contributed by atoms with Crippen LogP contribution in [0, 0.1) is 0 Å². The first-order valence-corrected chi connectivity index (χ1v) is 11.4. The molecule has 9 nitrogen and oxygen atoms in total. The number of hydrogen-bond acceptors (Lipinski definition) is 8. The molecule has 0 saturated carbocycles. The van der Waals surface area contributed by atoms with Crippen molar-refractivity contribution in [1.82, 2.24) is 0 Å². The molecule has 160 valence electrons. The average molecular weight is 462 g/mol. The number of fused-ring (bicyclic) bond motifs is 2. The molecule has 11 heteroatoms. The summed E-state index contributed by atoms with van der Waals surface area (Å²) in [5.74, 6) is -1.50. The Kier molecular flexibility index (Phi) is 4.69. The first-order chi connectivity index (χ1) is 14.4. The van der Waals surface area contributed by atoms with Gasteiger partial charge in [0.15, 0.2) is 11.5 Å². The lowest BCUT2D eigenvalue weighted by Crippen LogP contribution is -2.10. The minimum absolute atomic E-state index is 0.104. The van der Waals surface area contributed by atoms with Crippen molar-refractivity contribution in [3.63, 3.8) is 0 Å². The third-order valence-corrected chi connectivity index (χ3v) is 6.63. The number of phenols is 3. The third-order valence-electron chi connectivity index (χ3n) is 4.57. The van der Waals surface area contributed by atoms with E-state index < -0.39 is 42.4 Å². The van der Waals surface area contributed by atoms with Gasteiger partial charge in [-0.05, 0) is 58.6 Å². The van der Waals surface area contributed by atoms with E-state index in [9.17, 15) is 32.2 Å². The van der Waals surface area contributed by atoms with Gasteiger partial charge in [0.1, 0.15) is 16.4 Å². The van der Waals surface area contributed by atoms with Crippen molar-refractivity contribution in [3.05, 3.63) is 60.7 Å². The normalized spacial score (nSPS) is 12.3. The first-order valence-electron chi connectivity index (χ1n) is 8.58. The van der Waals surface area contributed by atoms with Crippen molar-refractivity contribution >= 4 is 41.8 Å². The number of benzene rings is 4. The standard InChI is InChI=1S/C20H14O9S2/c21-14-3-1-12-5-16(10-18(22)17(12)9-14)31(27,28)29-20-8-11-2-4-15(30(24,25)26)6-13(11)7-19(20)23/h1-10,21-23H,(H,24,25,26). The highest BCUT2D eigenvalue weighted by molar-refractivity contribution is 7.87. The number of hydrogen-bond donors (Lipinski definition) is 4. The van der Waals surface area contributed by atoms with E-state index in [1.165, 1.54) is 36.4 Å². The molecule has 4 aromatic rings. The maximum atomic E-state index is 12.7. The molecular formula is C20H14O9S2. The molecule has 0 aliphatic carbocycles. The van der Waals surface area contributed by atoms with Gasteiger partial charge in [-0.1, -0.05) is 12.1 Å². The van der Waals surface area contributed by atoms with Crippen LogP contribution < -0.4 is 4.18 Å². The van der Waals surface area contributed by atoms with Crippen LogP contribution in [0.25, 0.3) is 21.5 Å². The maximum Gasteiger partial charge on any atom is 0.339 e. The predicted molar refractivity (Wildman–Crippen MR) is 111 cm³/mol. The highest BCUT2D eigenvalue weighted by atomic mass is 32.2. The van der Waals surface area contributed by atoms with Crippen molar-refractivity contribution in [2.24, 2.45) is 0 Å². The van der Waals surface area contributed by atoms with Crippen LogP contribution >= 0.6 is 0 Å². The lowest BCUT2D eigenvalue weighted by Gasteiger charge is -2.12. The van der Waals surface area contributed by atoms with Crippen LogP contribution in [-0.4, -0.2) is 36.7 Å². The van der Waals surface area contributed by atoms with Gasteiger partial charge in [-0.2, -0.15) is 16.8 Å². The van der Waals surface area contributed by atoms with Crippen LogP contribution in [0.2, 0.25) is 0 Å². The Hall–Kier alpha value is -3.54. The van der Waals surface area contributed by atoms with Crippen LogP contribution in [0.4, 0.5) is 0 Å². The molecule has 0 radical (unpaired) electrons. The Morgan fingerprint density at radius 3 is 2.03 bits per heavy atom. The third kappa shape index (κ3) is 3.93. The molecule has 4 aromatic carbocycles. The largest absolute Gasteiger partial charge is 0.508 e. The fraction of sp³-hybridized carbons (Fsp3) is 0. The highest BCUT2D eigenvalue weighted by Gasteiger charge is 2.22. The maximum absolute atomic E-state index is 12.7. The van der Waals surface area contributed by atoms with E-state index in [4.69, 9.17) is 8.74 Å². The van der Waals surface area contributed by atoms with Gasteiger partial charge in [0.25, 0.3) is 10.1 Å². The molecule has 4 N–H and O–H groups in total. The van der Waals surface area contributed by atoms with Gasteiger partial charge in [-0.3, -0.25) is 4.55 Å². The summed E-state index contributed by atoms with van der Waals surface area (Å²) in [7, 11) is -8.93. The SMILES string of the molecule is O=S(=O)(O)c1ccc2cc(OS(=O)(=O)c3cc(O)c4cc(O)ccc4c3)c(O)cc2c1. The van der Waals surface area contributed by atoms with Crippen LogP contribution in [0.5, 0.6) is 23.0 Å². The number of phenolic OH excluding ortho intramolecular Hbond substituents is 3. The van der Waals surface area contributed by atoms with E-state index in [1.54, 1.807) is 0 Å². The molecule has 0 saturated heterocycles. The summed E-state index contributed by atoms with van der Waals surface area (Å²) in [5.41, 5.74) is 0. The molecule has 0 fully saturated rings. The lowest BCUT2D eigenvalue weighted by atomic mass is 10.1. The molecule has 0 atom stereocenters. The lowest BCUT2D eigenvalue weighted by molar-refractivity contribution is 0.428. The Morgan fingerprint density at radius 1 is 0.645 bits per heavy atom. The molecule has 0 aliphatic heterocycles. The second-order valence-corrected chi connectivity index (χ2v) is 9.66. The topological polar surface area (TPSA) is 158 Å². The van der Waals surface area contributed by atoms with Gasteiger partial charge < -0.3 is 19.5 Å². The van der Waals surface area contributed by atoms with E-state index in [2.05, 4.69) is 0 Å². The summed E-state index contributed by atoms with van der Waals surface area (Å²) in [6.45, 7) is 0. The molecular weight excluding hydrogens is 448 g/mol. The van der Waals surface area contributed by atoms with Gasteiger partial charge in [0, 0.05) is 11.5 Å². The molecule has 31 heavy (non-hydrogen) atoms. The Labute approximate surface area is 176 Å². The summed E-state index contributed by atoms with van der Waals surface area (Å²) in [4.78, 5) is -0.775. The predicted octanol–water partition coefficient (Wildman–Crippen LogP) is 3.12. The summed E-state index contributed by atoms with van der Waals surface area (Å²) in [6.07, 6.45) is 0. The first kappa shape index (κ1) is 20.7. The molecule has 0 aromatic heterocycles. The molecule has 4 rings (SSSR count). The Morgan fingerprint density at radius 2 is 1.32 bits per heavy atom. The molecule has 0 amide bonds. The van der Waals surface area contributed by atoms with Crippen LogP contribution in [0.15, 0.2) is 70.5 Å². The van der Waals surface area contributed by atoms with Crippen LogP contribution in [-0.2, 0) is 20.2 Å². The fourth-order valence-electron chi connectivity index (χ4n) is 3.08. The second kappa shape index (κ2) is 7.01. The summed E-state index contributed by atoms with van der Waals surface area (Å²) in [6, 6.07) is 12.0. The van der Waals surface area contributed by atoms with Gasteiger partial charge in [0.2, 0.25) is 0 Å². The minimum atomic E-state index is -4.48. The van der Waals surface area contributed by atoms with Crippen LogP contribution in [0.3, 0.4) is 0 Å². The minimum Gasteiger partial charge on any atom is -0.508 e. The average Bonchev–Trinajstić information content (AvgIpc) is 2.67. The van der Waals surface area contributed by atoms with Crippen molar-refractivity contribution < 1.29 is 40.9 Å². The van der Waals surface area contributed by atoms with Crippen molar-refractivity contribution in [1.29, 1.82) is 0 Å². The molecule has 0 aliphatic rings. The van der Waals surface area contributed by atoms with E-state index in [1.807, 2.05) is 0 Å². The monoisotopic (exact) mass is 462 g/mol. The van der Waals surface area contributed by atoms with E-state index >= 15 is 0 Å². The van der Waals surface area contributed by atoms with E-state index in [-0.39, 0.29) is 21.4 Å². The van der Waals surface area contributed by atoms with Gasteiger partial charge >= 0.3 is 10.1 Å². The van der Waals surface area contributed by atoms with Crippen LogP contribution in [0.1, 0.15) is 0 Å². The smallest absolute Gasteiger partial charge is 0.339 e. The zero-order valence-electron chi connectivity index (χ0n) is 15.4. The van der Waals surface area contributed by atoms with Crippen molar-refractivity contribution in [2.75, 3.05) is 0 Å². The number of rotatable bonds is 4. The Bertz CT molecular complexity index is 1570. The van der Waals surface area contributed by atoms with Gasteiger partial charge in [-0.15, -0.1) is 0 Å². The molecule has 0 bridgehead atoms. The molecule has 0 heterocycles. The van der Waals surface area contributed by atoms with Crippen molar-refractivity contribution in [3.8, 4) is 23.0 Å². The summed E-state index contributed by atoms with van der Waals surface area (Å²) >= 11 is 0. The van der Waals surface area contributed by atoms with E-state index in [0.29, 0.717) is 10.8 Å². The molecule has 0 spiro atoms. The fourth-order valence-corrected chi connectivity index (χ4v) is 4.59. The summed E-state index contributed by atoms with van der Waals surface area (Å²) < 4.78 is 62.2. The van der Waals surface area contributed by atoms with Gasteiger partial charge in [-0.25, -0.2) is 0 Å². The zero-order chi connectivity index (χ0) is 22.6. The second-order valence-electron chi connectivity index (χ2n) is 6.69. The van der Waals surface area contributed by atoms with Gasteiger partial charge in [0.05, 0.1) is 4.90 Å². The molecule has 0 unspecified atom stereocenters.